The number of unbranched alkanes of at least 4 members (excludes halogenated alkanes) is 3. The second-order valence-electron chi connectivity index (χ2n) is 13.1. The van der Waals surface area contributed by atoms with Crippen LogP contribution in [0.3, 0.4) is 0 Å². The number of nitrogens with two attached hydrogens (primary N) is 1. The van der Waals surface area contributed by atoms with Crippen LogP contribution in [-0.4, -0.2) is 59.5 Å². The number of piperidine rings is 1. The number of likely N-dealkylation sites (tertiary alicyclic amines) is 1. The number of aromatic nitrogens is 2. The molecule has 1 fully saturated rings. The minimum Gasteiger partial charge on any atom is -0.489 e. The van der Waals surface area contributed by atoms with Crippen molar-refractivity contribution in [1.29, 1.82) is 0 Å². The van der Waals surface area contributed by atoms with Crippen LogP contribution in [0.1, 0.15) is 96.1 Å². The summed E-state index contributed by atoms with van der Waals surface area (Å²) in [5.41, 5.74) is 8.53. The highest BCUT2D eigenvalue weighted by Gasteiger charge is 2.26. The summed E-state index contributed by atoms with van der Waals surface area (Å²) in [4.78, 5) is 34.9. The topological polar surface area (TPSA) is 157 Å². The zero-order valence-corrected chi connectivity index (χ0v) is 30.7. The van der Waals surface area contributed by atoms with Crippen molar-refractivity contribution in [3.63, 3.8) is 0 Å². The number of primary amides is 1. The third-order valence-electron chi connectivity index (χ3n) is 8.64. The second kappa shape index (κ2) is 17.2. The lowest BCUT2D eigenvalue weighted by Gasteiger charge is -2.33. The summed E-state index contributed by atoms with van der Waals surface area (Å²) in [6.07, 6.45) is 7.45. The summed E-state index contributed by atoms with van der Waals surface area (Å²) in [7, 11) is -3.56. The summed E-state index contributed by atoms with van der Waals surface area (Å²) in [5.74, 6) is 1.38. The van der Waals surface area contributed by atoms with Gasteiger partial charge in [0.2, 0.25) is 17.8 Å². The molecule has 4 rings (SSSR count). The largest absolute Gasteiger partial charge is 0.489 e. The average molecular weight is 713 g/mol. The minimum atomic E-state index is -3.56. The number of benzene rings is 2. The predicted molar refractivity (Wildman–Crippen MR) is 195 cm³/mol. The standard InChI is InChI=1S/C36H49ClN6O5S/c1-23(2)48-31-21-27(26-16-18-43(19-17-26)34(45)15-9-7-6-8-14-33(38)44)25(5)20-30(31)41-36-39-22-28(37)35(42-36)40-29-12-10-11-13-32(29)49(46,47)24(3)4/h10-13,20-24,26H,6-9,14-19H2,1-5H3,(H2,38,44)(H2,39,40,41,42). The summed E-state index contributed by atoms with van der Waals surface area (Å²) >= 11 is 6.46. The van der Waals surface area contributed by atoms with Gasteiger partial charge in [-0.05, 0) is 102 Å². The zero-order chi connectivity index (χ0) is 35.7. The molecule has 0 radical (unpaired) electrons. The molecular weight excluding hydrogens is 664 g/mol. The van der Waals surface area contributed by atoms with Crippen molar-refractivity contribution < 1.29 is 22.7 Å². The molecule has 3 aromatic rings. The molecule has 2 heterocycles. The van der Waals surface area contributed by atoms with Gasteiger partial charge in [0.1, 0.15) is 10.8 Å². The SMILES string of the molecule is Cc1cc(Nc2ncc(Cl)c(Nc3ccccc3S(=O)(=O)C(C)C)n2)c(OC(C)C)cc1C1CCN(C(=O)CCCCCCC(N)=O)CC1. The maximum atomic E-state index is 13.0. The fraction of sp³-hybridized carbons (Fsp3) is 0.500. The number of para-hydroxylation sites is 1. The van der Waals surface area contributed by atoms with Crippen LogP contribution in [0.15, 0.2) is 47.5 Å². The van der Waals surface area contributed by atoms with E-state index in [4.69, 9.17) is 22.1 Å². The van der Waals surface area contributed by atoms with Crippen molar-refractivity contribution >= 4 is 56.4 Å². The van der Waals surface area contributed by atoms with Crippen molar-refractivity contribution in [2.75, 3.05) is 23.7 Å². The molecular formula is C36H49ClN6O5S. The predicted octanol–water partition coefficient (Wildman–Crippen LogP) is 7.43. The molecule has 1 aliphatic rings. The molecule has 2 amide bonds. The van der Waals surface area contributed by atoms with Gasteiger partial charge in [0.05, 0.1) is 33.8 Å². The van der Waals surface area contributed by atoms with Gasteiger partial charge in [0.15, 0.2) is 15.7 Å². The van der Waals surface area contributed by atoms with E-state index in [1.807, 2.05) is 24.8 Å². The molecule has 0 atom stereocenters. The van der Waals surface area contributed by atoms with E-state index in [9.17, 15) is 18.0 Å². The number of carbonyl (C=O) groups excluding carboxylic acids is 2. The summed E-state index contributed by atoms with van der Waals surface area (Å²) in [6.45, 7) is 10.7. The van der Waals surface area contributed by atoms with Gasteiger partial charge in [-0.15, -0.1) is 0 Å². The zero-order valence-electron chi connectivity index (χ0n) is 29.1. The highest BCUT2D eigenvalue weighted by atomic mass is 35.5. The third-order valence-corrected chi connectivity index (χ3v) is 11.1. The molecule has 4 N–H and O–H groups in total. The Balaban J connectivity index is 1.46. The lowest BCUT2D eigenvalue weighted by Crippen LogP contribution is -2.37. The first-order chi connectivity index (χ1) is 23.3. The third kappa shape index (κ3) is 10.3. The Morgan fingerprint density at radius 3 is 2.33 bits per heavy atom. The molecule has 1 saturated heterocycles. The summed E-state index contributed by atoms with van der Waals surface area (Å²) in [6, 6.07) is 10.8. The van der Waals surface area contributed by atoms with E-state index < -0.39 is 15.1 Å². The molecule has 11 nitrogen and oxygen atoms in total. The molecule has 49 heavy (non-hydrogen) atoms. The number of nitrogens with zero attached hydrogens (tertiary/aromatic N) is 3. The second-order valence-corrected chi connectivity index (χ2v) is 16.0. The number of aryl methyl sites for hydroxylation is 1. The molecule has 0 bridgehead atoms. The Bertz CT molecular complexity index is 1720. The molecule has 0 unspecified atom stereocenters. The summed E-state index contributed by atoms with van der Waals surface area (Å²) in [5, 5.41) is 6.01. The van der Waals surface area contributed by atoms with E-state index >= 15 is 0 Å². The van der Waals surface area contributed by atoms with E-state index in [0.29, 0.717) is 43.1 Å². The van der Waals surface area contributed by atoms with Gasteiger partial charge in [-0.1, -0.05) is 36.6 Å². The van der Waals surface area contributed by atoms with Crippen molar-refractivity contribution in [3.8, 4) is 5.75 Å². The van der Waals surface area contributed by atoms with E-state index in [0.717, 1.165) is 44.1 Å². The van der Waals surface area contributed by atoms with Crippen LogP contribution >= 0.6 is 11.6 Å². The van der Waals surface area contributed by atoms with E-state index in [1.54, 1.807) is 38.1 Å². The molecule has 266 valence electrons. The molecule has 13 heteroatoms. The number of ether oxygens (including phenoxy) is 1. The highest BCUT2D eigenvalue weighted by molar-refractivity contribution is 7.92. The van der Waals surface area contributed by atoms with Gasteiger partial charge in [0, 0.05) is 25.9 Å². The fourth-order valence-electron chi connectivity index (χ4n) is 5.95. The molecule has 1 aromatic heterocycles. The number of sulfone groups is 1. The van der Waals surface area contributed by atoms with Crippen molar-refractivity contribution in [2.45, 2.75) is 108 Å². The van der Waals surface area contributed by atoms with Gasteiger partial charge in [-0.2, -0.15) is 4.98 Å². The Morgan fingerprint density at radius 2 is 1.67 bits per heavy atom. The van der Waals surface area contributed by atoms with E-state index in [1.165, 1.54) is 11.8 Å². The number of hydrogen-bond acceptors (Lipinski definition) is 9. The molecule has 0 aliphatic carbocycles. The van der Waals surface area contributed by atoms with Gasteiger partial charge in [-0.25, -0.2) is 13.4 Å². The molecule has 0 saturated carbocycles. The van der Waals surface area contributed by atoms with Gasteiger partial charge in [0.25, 0.3) is 0 Å². The number of rotatable bonds is 16. The monoisotopic (exact) mass is 712 g/mol. The van der Waals surface area contributed by atoms with Crippen molar-refractivity contribution in [3.05, 3.63) is 58.7 Å². The Kier molecular flexibility index (Phi) is 13.3. The quantitative estimate of drug-likeness (QED) is 0.129. The van der Waals surface area contributed by atoms with E-state index in [-0.39, 0.29) is 45.5 Å². The first kappa shape index (κ1) is 37.9. The number of anilines is 4. The van der Waals surface area contributed by atoms with E-state index in [2.05, 4.69) is 33.6 Å². The fourth-order valence-corrected chi connectivity index (χ4v) is 7.29. The molecule has 0 spiro atoms. The minimum absolute atomic E-state index is 0.0888. The smallest absolute Gasteiger partial charge is 0.229 e. The van der Waals surface area contributed by atoms with Gasteiger partial charge >= 0.3 is 0 Å². The maximum Gasteiger partial charge on any atom is 0.229 e. The van der Waals surface area contributed by atoms with Crippen molar-refractivity contribution in [1.82, 2.24) is 14.9 Å². The Morgan fingerprint density at radius 1 is 1.00 bits per heavy atom. The van der Waals surface area contributed by atoms with Crippen LogP contribution in [0.5, 0.6) is 5.75 Å². The number of amides is 2. The number of hydrogen-bond donors (Lipinski definition) is 3. The lowest BCUT2D eigenvalue weighted by molar-refractivity contribution is -0.132. The van der Waals surface area contributed by atoms with Crippen LogP contribution in [-0.2, 0) is 19.4 Å². The summed E-state index contributed by atoms with van der Waals surface area (Å²) < 4.78 is 32.3. The first-order valence-corrected chi connectivity index (χ1v) is 19.0. The van der Waals surface area contributed by atoms with Crippen LogP contribution in [0.2, 0.25) is 5.02 Å². The number of halogens is 1. The number of carbonyl (C=O) groups is 2. The van der Waals surface area contributed by atoms with Crippen LogP contribution in [0.25, 0.3) is 0 Å². The normalized spacial score (nSPS) is 13.9. The van der Waals surface area contributed by atoms with Gasteiger partial charge in [-0.3, -0.25) is 9.59 Å². The molecule has 2 aromatic carbocycles. The van der Waals surface area contributed by atoms with Crippen LogP contribution in [0, 0.1) is 6.92 Å². The molecule has 1 aliphatic heterocycles. The average Bonchev–Trinajstić information content (AvgIpc) is 3.05. The number of nitrogens with one attached hydrogen (secondary N) is 2. The van der Waals surface area contributed by atoms with Crippen LogP contribution < -0.4 is 21.1 Å². The van der Waals surface area contributed by atoms with Gasteiger partial charge < -0.3 is 26.0 Å². The lowest BCUT2D eigenvalue weighted by atomic mass is 9.86. The van der Waals surface area contributed by atoms with Crippen molar-refractivity contribution in [2.24, 2.45) is 5.73 Å². The Labute approximate surface area is 295 Å². The Hall–Kier alpha value is -3.90. The maximum absolute atomic E-state index is 13.0. The highest BCUT2D eigenvalue weighted by Crippen LogP contribution is 2.38. The first-order valence-electron chi connectivity index (χ1n) is 17.0. The van der Waals surface area contributed by atoms with Crippen LogP contribution in [0.4, 0.5) is 23.1 Å².